The lowest BCUT2D eigenvalue weighted by molar-refractivity contribution is -0.143. The van der Waals surface area contributed by atoms with Gasteiger partial charge in [-0.15, -0.1) is 0 Å². The van der Waals surface area contributed by atoms with E-state index in [2.05, 4.69) is 0 Å². The zero-order valence-corrected chi connectivity index (χ0v) is 17.4. The lowest BCUT2D eigenvalue weighted by atomic mass is 10.1. The Balaban J connectivity index is 2.17. The average molecular weight is 404 g/mol. The number of ether oxygens (including phenoxy) is 6. The van der Waals surface area contributed by atoms with Crippen LogP contribution in [0.3, 0.4) is 0 Å². The topological polar surface area (TPSA) is 72.5 Å². The van der Waals surface area contributed by atoms with Gasteiger partial charge in [0.15, 0.2) is 6.79 Å². The van der Waals surface area contributed by atoms with Crippen LogP contribution in [0.25, 0.3) is 0 Å². The summed E-state index contributed by atoms with van der Waals surface area (Å²) >= 11 is 0. The van der Waals surface area contributed by atoms with E-state index in [0.717, 1.165) is 11.1 Å². The van der Waals surface area contributed by atoms with Gasteiger partial charge in [0.05, 0.1) is 20.8 Å². The fourth-order valence-electron chi connectivity index (χ4n) is 2.67. The van der Waals surface area contributed by atoms with Gasteiger partial charge in [-0.1, -0.05) is 6.07 Å². The molecule has 0 unspecified atom stereocenters. The molecule has 0 saturated heterocycles. The molecule has 158 valence electrons. The van der Waals surface area contributed by atoms with Crippen molar-refractivity contribution in [2.24, 2.45) is 0 Å². The van der Waals surface area contributed by atoms with Crippen LogP contribution in [0.1, 0.15) is 24.5 Å². The summed E-state index contributed by atoms with van der Waals surface area (Å²) in [6, 6.07) is 11.1. The number of hydrogen-bond donors (Lipinski definition) is 0. The molecule has 2 rings (SSSR count). The van der Waals surface area contributed by atoms with Crippen molar-refractivity contribution in [1.29, 1.82) is 0 Å². The molecular formula is C22H28O7. The number of benzene rings is 2. The predicted molar refractivity (Wildman–Crippen MR) is 108 cm³/mol. The Morgan fingerprint density at radius 3 is 2.24 bits per heavy atom. The zero-order valence-electron chi connectivity index (χ0n) is 17.4. The van der Waals surface area contributed by atoms with Crippen molar-refractivity contribution in [2.75, 3.05) is 34.7 Å². The molecule has 2 aromatic carbocycles. The van der Waals surface area contributed by atoms with E-state index in [4.69, 9.17) is 28.4 Å². The lowest BCUT2D eigenvalue weighted by Gasteiger charge is -2.15. The van der Waals surface area contributed by atoms with E-state index in [-0.39, 0.29) is 19.2 Å². The molecule has 0 spiro atoms. The molecule has 0 heterocycles. The third kappa shape index (κ3) is 7.19. The minimum atomic E-state index is -0.240. The minimum Gasteiger partial charge on any atom is -0.497 e. The summed E-state index contributed by atoms with van der Waals surface area (Å²) in [4.78, 5) is 11.7. The Morgan fingerprint density at radius 2 is 1.62 bits per heavy atom. The Hall–Kier alpha value is -2.93. The van der Waals surface area contributed by atoms with Gasteiger partial charge in [0, 0.05) is 25.7 Å². The van der Waals surface area contributed by atoms with Gasteiger partial charge in [-0.3, -0.25) is 4.79 Å². The van der Waals surface area contributed by atoms with Gasteiger partial charge < -0.3 is 28.4 Å². The van der Waals surface area contributed by atoms with E-state index in [9.17, 15) is 4.79 Å². The predicted octanol–water partition coefficient (Wildman–Crippen LogP) is 3.76. The largest absolute Gasteiger partial charge is 0.497 e. The zero-order chi connectivity index (χ0) is 21.1. The van der Waals surface area contributed by atoms with Crippen LogP contribution in [0.4, 0.5) is 0 Å². The number of esters is 1. The Kier molecular flexibility index (Phi) is 9.11. The smallest absolute Gasteiger partial charge is 0.306 e. The number of carbonyl (C=O) groups excluding carboxylic acids is 1. The summed E-state index contributed by atoms with van der Waals surface area (Å²) < 4.78 is 32.1. The number of hydrogen-bond acceptors (Lipinski definition) is 7. The van der Waals surface area contributed by atoms with Gasteiger partial charge >= 0.3 is 5.97 Å². The van der Waals surface area contributed by atoms with Crippen molar-refractivity contribution < 1.29 is 33.2 Å². The number of rotatable bonds is 12. The SMILES string of the molecule is CCOC(=O)CCc1ccc(OCOC)cc1OCc1cc(OC)cc(OC)c1. The maximum atomic E-state index is 11.7. The van der Waals surface area contributed by atoms with Crippen molar-refractivity contribution in [3.05, 3.63) is 47.5 Å². The fourth-order valence-corrected chi connectivity index (χ4v) is 2.67. The molecule has 0 aliphatic heterocycles. The summed E-state index contributed by atoms with van der Waals surface area (Å²) in [5.41, 5.74) is 1.78. The van der Waals surface area contributed by atoms with Crippen molar-refractivity contribution in [3.8, 4) is 23.0 Å². The summed E-state index contributed by atoms with van der Waals surface area (Å²) in [7, 11) is 4.76. The maximum Gasteiger partial charge on any atom is 0.306 e. The molecule has 0 radical (unpaired) electrons. The monoisotopic (exact) mass is 404 g/mol. The first kappa shape index (κ1) is 22.4. The number of aryl methyl sites for hydroxylation is 1. The van der Waals surface area contributed by atoms with E-state index in [1.807, 2.05) is 24.3 Å². The molecular weight excluding hydrogens is 376 g/mol. The molecule has 0 aliphatic carbocycles. The van der Waals surface area contributed by atoms with Gasteiger partial charge in [-0.2, -0.15) is 0 Å². The Bertz CT molecular complexity index is 766. The molecule has 7 nitrogen and oxygen atoms in total. The van der Waals surface area contributed by atoms with Gasteiger partial charge in [-0.25, -0.2) is 0 Å². The highest BCUT2D eigenvalue weighted by atomic mass is 16.7. The van der Waals surface area contributed by atoms with Crippen LogP contribution in [0.2, 0.25) is 0 Å². The van der Waals surface area contributed by atoms with E-state index in [1.54, 1.807) is 40.4 Å². The summed E-state index contributed by atoms with van der Waals surface area (Å²) in [5.74, 6) is 2.37. The summed E-state index contributed by atoms with van der Waals surface area (Å²) in [6.07, 6.45) is 0.773. The summed E-state index contributed by atoms with van der Waals surface area (Å²) in [6.45, 7) is 2.59. The van der Waals surface area contributed by atoms with Gasteiger partial charge in [0.25, 0.3) is 0 Å². The molecule has 0 amide bonds. The molecule has 0 fully saturated rings. The number of carbonyl (C=O) groups is 1. The van der Waals surface area contributed by atoms with E-state index < -0.39 is 0 Å². The average Bonchev–Trinajstić information content (AvgIpc) is 2.75. The Morgan fingerprint density at radius 1 is 0.897 bits per heavy atom. The lowest BCUT2D eigenvalue weighted by Crippen LogP contribution is -2.07. The highest BCUT2D eigenvalue weighted by Gasteiger charge is 2.11. The van der Waals surface area contributed by atoms with Crippen molar-refractivity contribution >= 4 is 5.97 Å². The van der Waals surface area contributed by atoms with Crippen molar-refractivity contribution in [3.63, 3.8) is 0 Å². The standard InChI is InChI=1S/C22H28O7/c1-5-27-22(23)9-7-17-6-8-18(29-15-24-2)13-21(17)28-14-16-10-19(25-3)12-20(11-16)26-4/h6,8,10-13H,5,7,9,14-15H2,1-4H3. The normalized spacial score (nSPS) is 10.3. The highest BCUT2D eigenvalue weighted by molar-refractivity contribution is 5.69. The van der Waals surface area contributed by atoms with Crippen molar-refractivity contribution in [1.82, 2.24) is 0 Å². The van der Waals surface area contributed by atoms with Crippen LogP contribution in [-0.4, -0.2) is 40.7 Å². The van der Waals surface area contributed by atoms with Gasteiger partial charge in [-0.05, 0) is 42.7 Å². The summed E-state index contributed by atoms with van der Waals surface area (Å²) in [5, 5.41) is 0. The molecule has 0 aromatic heterocycles. The van der Waals surface area contributed by atoms with Crippen LogP contribution in [0, 0.1) is 0 Å². The minimum absolute atomic E-state index is 0.134. The third-order valence-corrected chi connectivity index (χ3v) is 4.09. The molecule has 0 bridgehead atoms. The molecule has 0 saturated carbocycles. The van der Waals surface area contributed by atoms with Gasteiger partial charge in [0.2, 0.25) is 0 Å². The second-order valence-electron chi connectivity index (χ2n) is 6.14. The maximum absolute atomic E-state index is 11.7. The van der Waals surface area contributed by atoms with E-state index in [1.165, 1.54) is 0 Å². The second-order valence-corrected chi connectivity index (χ2v) is 6.14. The van der Waals surface area contributed by atoms with Crippen LogP contribution in [0.15, 0.2) is 36.4 Å². The molecule has 7 heteroatoms. The van der Waals surface area contributed by atoms with Gasteiger partial charge in [0.1, 0.15) is 29.6 Å². The molecule has 0 aliphatic rings. The number of methoxy groups -OCH3 is 3. The second kappa shape index (κ2) is 11.8. The third-order valence-electron chi connectivity index (χ3n) is 4.09. The first-order chi connectivity index (χ1) is 14.1. The first-order valence-corrected chi connectivity index (χ1v) is 9.34. The molecule has 0 atom stereocenters. The molecule has 2 aromatic rings. The molecule has 0 N–H and O–H groups in total. The van der Waals surface area contributed by atoms with Crippen molar-refractivity contribution in [2.45, 2.75) is 26.4 Å². The fraction of sp³-hybridized carbons (Fsp3) is 0.409. The van der Waals surface area contributed by atoms with E-state index in [0.29, 0.717) is 42.6 Å². The van der Waals surface area contributed by atoms with Crippen LogP contribution in [0.5, 0.6) is 23.0 Å². The Labute approximate surface area is 171 Å². The first-order valence-electron chi connectivity index (χ1n) is 9.34. The quantitative estimate of drug-likeness (QED) is 0.394. The highest BCUT2D eigenvalue weighted by Crippen LogP contribution is 2.29. The van der Waals surface area contributed by atoms with Crippen LogP contribution in [-0.2, 0) is 27.3 Å². The van der Waals surface area contributed by atoms with Crippen LogP contribution >= 0.6 is 0 Å². The van der Waals surface area contributed by atoms with Crippen LogP contribution < -0.4 is 18.9 Å². The van der Waals surface area contributed by atoms with E-state index >= 15 is 0 Å². The molecule has 29 heavy (non-hydrogen) atoms.